The maximum atomic E-state index is 6.02. The van der Waals surface area contributed by atoms with Gasteiger partial charge >= 0.3 is 0 Å². The summed E-state index contributed by atoms with van der Waals surface area (Å²) in [5.74, 6) is 0.535. The van der Waals surface area contributed by atoms with Crippen LogP contribution in [0.5, 0.6) is 0 Å². The minimum Gasteiger partial charge on any atom is -0.324 e. The monoisotopic (exact) mass is 164 g/mol. The lowest BCUT2D eigenvalue weighted by Crippen LogP contribution is -2.18. The van der Waals surface area contributed by atoms with Gasteiger partial charge in [0.05, 0.1) is 0 Å². The van der Waals surface area contributed by atoms with Gasteiger partial charge in [0.15, 0.2) is 0 Å². The number of nitrogens with two attached hydrogens (primary N) is 1. The van der Waals surface area contributed by atoms with Crippen molar-refractivity contribution in [3.63, 3.8) is 0 Å². The highest BCUT2D eigenvalue weighted by atomic mass is 14.7. The Labute approximate surface area is 73.8 Å². The van der Waals surface area contributed by atoms with E-state index in [1.807, 2.05) is 12.1 Å². The normalized spacial score (nSPS) is 15.6. The number of aromatic nitrogens is 1. The highest BCUT2D eigenvalue weighted by molar-refractivity contribution is 5.14. The van der Waals surface area contributed by atoms with E-state index in [1.54, 1.807) is 12.4 Å². The van der Waals surface area contributed by atoms with Crippen molar-refractivity contribution in [2.45, 2.75) is 26.3 Å². The molecule has 2 atom stereocenters. The quantitative estimate of drug-likeness (QED) is 0.743. The summed E-state index contributed by atoms with van der Waals surface area (Å²) in [4.78, 5) is 3.96. The van der Waals surface area contributed by atoms with Crippen LogP contribution in [0.3, 0.4) is 0 Å². The predicted molar refractivity (Wildman–Crippen MR) is 50.6 cm³/mol. The van der Waals surface area contributed by atoms with Crippen molar-refractivity contribution >= 4 is 0 Å². The van der Waals surface area contributed by atoms with Crippen LogP contribution in [0.15, 0.2) is 24.5 Å². The number of hydrogen-bond donors (Lipinski definition) is 1. The van der Waals surface area contributed by atoms with E-state index in [0.717, 1.165) is 6.42 Å². The fourth-order valence-corrected chi connectivity index (χ4v) is 1.17. The number of pyridine rings is 1. The number of hydrogen-bond acceptors (Lipinski definition) is 2. The van der Waals surface area contributed by atoms with Gasteiger partial charge in [-0.1, -0.05) is 20.3 Å². The molecule has 1 heterocycles. The van der Waals surface area contributed by atoms with Gasteiger partial charge < -0.3 is 5.73 Å². The molecule has 0 aliphatic carbocycles. The Balaban J connectivity index is 2.71. The number of nitrogens with zero attached hydrogens (tertiary/aromatic N) is 1. The second-order valence-electron chi connectivity index (χ2n) is 3.19. The van der Waals surface area contributed by atoms with E-state index in [2.05, 4.69) is 18.8 Å². The third-order valence-corrected chi connectivity index (χ3v) is 2.35. The molecule has 2 nitrogen and oxygen atoms in total. The van der Waals surface area contributed by atoms with E-state index >= 15 is 0 Å². The van der Waals surface area contributed by atoms with E-state index in [1.165, 1.54) is 5.56 Å². The molecule has 0 aliphatic rings. The molecular formula is C10H16N2. The standard InChI is InChI=1S/C10H16N2/c1-3-8(2)10(11)9-4-6-12-7-5-9/h4-8,10H,3,11H2,1-2H3/t8?,10-/m0/s1. The predicted octanol–water partition coefficient (Wildman–Crippen LogP) is 2.13. The van der Waals surface area contributed by atoms with E-state index in [9.17, 15) is 0 Å². The summed E-state index contributed by atoms with van der Waals surface area (Å²) < 4.78 is 0. The minimum atomic E-state index is 0.151. The molecule has 2 N–H and O–H groups in total. The summed E-state index contributed by atoms with van der Waals surface area (Å²) in [5.41, 5.74) is 7.20. The maximum absolute atomic E-state index is 6.02. The van der Waals surface area contributed by atoms with Crippen molar-refractivity contribution in [3.05, 3.63) is 30.1 Å². The van der Waals surface area contributed by atoms with E-state index in [4.69, 9.17) is 5.73 Å². The highest BCUT2D eigenvalue weighted by Crippen LogP contribution is 2.20. The van der Waals surface area contributed by atoms with Crippen molar-refractivity contribution in [1.29, 1.82) is 0 Å². The minimum absolute atomic E-state index is 0.151. The molecule has 0 spiro atoms. The van der Waals surface area contributed by atoms with Crippen LogP contribution in [0.2, 0.25) is 0 Å². The Hall–Kier alpha value is -0.890. The van der Waals surface area contributed by atoms with Crippen LogP contribution in [0.25, 0.3) is 0 Å². The van der Waals surface area contributed by atoms with Gasteiger partial charge in [0.2, 0.25) is 0 Å². The Morgan fingerprint density at radius 2 is 2.00 bits per heavy atom. The zero-order valence-corrected chi connectivity index (χ0v) is 7.70. The van der Waals surface area contributed by atoms with Gasteiger partial charge in [-0.25, -0.2) is 0 Å². The fraction of sp³-hybridized carbons (Fsp3) is 0.500. The molecule has 0 aromatic carbocycles. The van der Waals surface area contributed by atoms with E-state index in [0.29, 0.717) is 5.92 Å². The summed E-state index contributed by atoms with van der Waals surface area (Å²) in [7, 11) is 0. The second-order valence-corrected chi connectivity index (χ2v) is 3.19. The summed E-state index contributed by atoms with van der Waals surface area (Å²) in [6.45, 7) is 4.33. The molecule has 1 aromatic rings. The lowest BCUT2D eigenvalue weighted by molar-refractivity contribution is 0.456. The molecular weight excluding hydrogens is 148 g/mol. The van der Waals surface area contributed by atoms with Crippen LogP contribution >= 0.6 is 0 Å². The smallest absolute Gasteiger partial charge is 0.0321 e. The molecule has 1 rings (SSSR count). The van der Waals surface area contributed by atoms with E-state index in [-0.39, 0.29) is 6.04 Å². The lowest BCUT2D eigenvalue weighted by Gasteiger charge is -2.17. The van der Waals surface area contributed by atoms with Crippen LogP contribution in [0.4, 0.5) is 0 Å². The first-order valence-electron chi connectivity index (χ1n) is 4.41. The van der Waals surface area contributed by atoms with Crippen molar-refractivity contribution in [3.8, 4) is 0 Å². The Bertz CT molecular complexity index is 221. The molecule has 2 heteroatoms. The van der Waals surface area contributed by atoms with Gasteiger partial charge in [0, 0.05) is 18.4 Å². The fourth-order valence-electron chi connectivity index (χ4n) is 1.17. The zero-order chi connectivity index (χ0) is 8.97. The molecule has 12 heavy (non-hydrogen) atoms. The van der Waals surface area contributed by atoms with Gasteiger partial charge in [-0.05, 0) is 23.6 Å². The van der Waals surface area contributed by atoms with Crippen LogP contribution < -0.4 is 5.73 Å². The SMILES string of the molecule is CCC(C)[C@H](N)c1ccncc1. The van der Waals surface area contributed by atoms with Crippen LogP contribution in [-0.4, -0.2) is 4.98 Å². The van der Waals surface area contributed by atoms with Crippen molar-refractivity contribution < 1.29 is 0 Å². The first-order chi connectivity index (χ1) is 5.75. The molecule has 1 aromatic heterocycles. The third-order valence-electron chi connectivity index (χ3n) is 2.35. The van der Waals surface area contributed by atoms with Gasteiger partial charge in [0.1, 0.15) is 0 Å². The van der Waals surface area contributed by atoms with Gasteiger partial charge in [-0.3, -0.25) is 4.98 Å². The Kier molecular flexibility index (Phi) is 3.23. The second kappa shape index (κ2) is 4.21. The molecule has 0 fully saturated rings. The topological polar surface area (TPSA) is 38.9 Å². The first-order valence-corrected chi connectivity index (χ1v) is 4.41. The average Bonchev–Trinajstić information content (AvgIpc) is 2.17. The van der Waals surface area contributed by atoms with Crippen LogP contribution in [0.1, 0.15) is 31.9 Å². The summed E-state index contributed by atoms with van der Waals surface area (Å²) in [6, 6.07) is 4.12. The molecule has 0 bridgehead atoms. The summed E-state index contributed by atoms with van der Waals surface area (Å²) in [5, 5.41) is 0. The first kappa shape index (κ1) is 9.20. The number of rotatable bonds is 3. The molecule has 0 aliphatic heterocycles. The van der Waals surface area contributed by atoms with Crippen LogP contribution in [0, 0.1) is 5.92 Å². The zero-order valence-electron chi connectivity index (χ0n) is 7.70. The molecule has 0 saturated heterocycles. The molecule has 0 radical (unpaired) electrons. The molecule has 1 unspecified atom stereocenters. The van der Waals surface area contributed by atoms with Crippen molar-refractivity contribution in [1.82, 2.24) is 4.98 Å². The molecule has 0 amide bonds. The Morgan fingerprint density at radius 3 is 2.50 bits per heavy atom. The lowest BCUT2D eigenvalue weighted by atomic mass is 9.94. The van der Waals surface area contributed by atoms with Crippen molar-refractivity contribution in [2.24, 2.45) is 11.7 Å². The third kappa shape index (κ3) is 2.05. The molecule has 0 saturated carbocycles. The van der Waals surface area contributed by atoms with Crippen molar-refractivity contribution in [2.75, 3.05) is 0 Å². The molecule has 66 valence electrons. The summed E-state index contributed by atoms with van der Waals surface area (Å²) >= 11 is 0. The van der Waals surface area contributed by atoms with Gasteiger partial charge in [-0.2, -0.15) is 0 Å². The van der Waals surface area contributed by atoms with E-state index < -0.39 is 0 Å². The summed E-state index contributed by atoms with van der Waals surface area (Å²) in [6.07, 6.45) is 4.69. The largest absolute Gasteiger partial charge is 0.324 e. The van der Waals surface area contributed by atoms with Gasteiger partial charge in [0.25, 0.3) is 0 Å². The van der Waals surface area contributed by atoms with Gasteiger partial charge in [-0.15, -0.1) is 0 Å². The highest BCUT2D eigenvalue weighted by Gasteiger charge is 2.11. The van der Waals surface area contributed by atoms with Crippen LogP contribution in [-0.2, 0) is 0 Å². The Morgan fingerprint density at radius 1 is 1.42 bits per heavy atom. The maximum Gasteiger partial charge on any atom is 0.0321 e. The average molecular weight is 164 g/mol.